The van der Waals surface area contributed by atoms with E-state index in [2.05, 4.69) is 30.4 Å². The summed E-state index contributed by atoms with van der Waals surface area (Å²) in [7, 11) is 2.04. The first-order valence-corrected chi connectivity index (χ1v) is 10.2. The second-order valence-electron chi connectivity index (χ2n) is 8.02. The summed E-state index contributed by atoms with van der Waals surface area (Å²) in [5.41, 5.74) is 5.26. The zero-order valence-corrected chi connectivity index (χ0v) is 16.7. The lowest BCUT2D eigenvalue weighted by molar-refractivity contribution is -0.885. The molecule has 0 aromatic heterocycles. The first kappa shape index (κ1) is 18.8. The van der Waals surface area contributed by atoms with Crippen LogP contribution in [0.1, 0.15) is 48.1 Å². The van der Waals surface area contributed by atoms with E-state index in [9.17, 15) is 4.79 Å². The number of likely N-dealkylation sites (N-methyl/N-ethyl adjacent to an activating group) is 1. The molecule has 1 heterocycles. The third kappa shape index (κ3) is 4.30. The van der Waals surface area contributed by atoms with Crippen molar-refractivity contribution >= 4 is 5.91 Å². The van der Waals surface area contributed by atoms with Gasteiger partial charge in [0.05, 0.1) is 13.1 Å². The van der Waals surface area contributed by atoms with Gasteiger partial charge in [-0.2, -0.15) is 0 Å². The van der Waals surface area contributed by atoms with Gasteiger partial charge in [0.1, 0.15) is 6.54 Å². The van der Waals surface area contributed by atoms with Crippen LogP contribution in [0.3, 0.4) is 0 Å². The molecule has 2 atom stereocenters. The Kier molecular flexibility index (Phi) is 5.53. The van der Waals surface area contributed by atoms with Gasteiger partial charge >= 0.3 is 0 Å². The molecule has 2 aromatic rings. The van der Waals surface area contributed by atoms with Crippen molar-refractivity contribution in [3.63, 3.8) is 0 Å². The van der Waals surface area contributed by atoms with Crippen LogP contribution < -0.4 is 19.7 Å². The molecule has 5 nitrogen and oxygen atoms in total. The number of quaternary nitrogens is 1. The van der Waals surface area contributed by atoms with Gasteiger partial charge < -0.3 is 19.7 Å². The molecule has 0 saturated carbocycles. The van der Waals surface area contributed by atoms with Crippen LogP contribution in [0.2, 0.25) is 0 Å². The second-order valence-corrected chi connectivity index (χ2v) is 8.02. The molecule has 1 unspecified atom stereocenters. The third-order valence-corrected chi connectivity index (χ3v) is 5.66. The molecule has 2 aliphatic rings. The average molecular weight is 381 g/mol. The van der Waals surface area contributed by atoms with Crippen molar-refractivity contribution in [3.05, 3.63) is 58.7 Å². The Hall–Kier alpha value is -2.53. The summed E-state index contributed by atoms with van der Waals surface area (Å²) in [5, 5.41) is 3.16. The minimum atomic E-state index is 0.0260. The molecule has 4 rings (SSSR count). The van der Waals surface area contributed by atoms with E-state index in [4.69, 9.17) is 9.47 Å². The maximum atomic E-state index is 12.5. The summed E-state index contributed by atoms with van der Waals surface area (Å²) < 4.78 is 10.8. The lowest BCUT2D eigenvalue weighted by atomic mass is 9.89. The van der Waals surface area contributed by atoms with Crippen LogP contribution in [-0.2, 0) is 24.2 Å². The van der Waals surface area contributed by atoms with E-state index >= 15 is 0 Å². The van der Waals surface area contributed by atoms with E-state index in [0.29, 0.717) is 6.54 Å². The molecule has 1 amide bonds. The molecular formula is C23H29N2O3+. The molecule has 1 aliphatic carbocycles. The molecule has 2 N–H and O–H groups in total. The van der Waals surface area contributed by atoms with E-state index in [1.165, 1.54) is 36.0 Å². The molecular weight excluding hydrogens is 352 g/mol. The smallest absolute Gasteiger partial charge is 0.275 e. The highest BCUT2D eigenvalue weighted by atomic mass is 16.7. The summed E-state index contributed by atoms with van der Waals surface area (Å²) in [6, 6.07) is 12.7. The molecule has 5 heteroatoms. The number of carbonyl (C=O) groups excluding carboxylic acids is 1. The van der Waals surface area contributed by atoms with Crippen LogP contribution in [-0.4, -0.2) is 26.3 Å². The number of nitrogens with one attached hydrogen (secondary N) is 2. The Morgan fingerprint density at radius 3 is 2.71 bits per heavy atom. The van der Waals surface area contributed by atoms with Crippen LogP contribution in [0.4, 0.5) is 0 Å². The van der Waals surface area contributed by atoms with Gasteiger partial charge in [-0.1, -0.05) is 18.2 Å². The molecule has 0 fully saturated rings. The number of benzene rings is 2. The minimum Gasteiger partial charge on any atom is -0.454 e. The van der Waals surface area contributed by atoms with Crippen molar-refractivity contribution in [2.24, 2.45) is 0 Å². The maximum absolute atomic E-state index is 12.5. The molecule has 0 radical (unpaired) electrons. The average Bonchev–Trinajstić information content (AvgIpc) is 3.15. The van der Waals surface area contributed by atoms with E-state index in [0.717, 1.165) is 34.9 Å². The van der Waals surface area contributed by atoms with Crippen molar-refractivity contribution in [3.8, 4) is 11.5 Å². The van der Waals surface area contributed by atoms with Crippen LogP contribution in [0, 0.1) is 0 Å². The van der Waals surface area contributed by atoms with Gasteiger partial charge in [-0.25, -0.2) is 0 Å². The lowest BCUT2D eigenvalue weighted by Gasteiger charge is -2.21. The van der Waals surface area contributed by atoms with Crippen molar-refractivity contribution < 1.29 is 19.2 Å². The van der Waals surface area contributed by atoms with Gasteiger partial charge in [0.2, 0.25) is 6.79 Å². The monoisotopic (exact) mass is 381 g/mol. The standard InChI is InChI=1S/C23H28N2O3/c1-16(19-9-8-18-5-3-4-6-20(18)12-19)24-23(26)14-25(2)13-17-7-10-21-22(11-17)28-15-27-21/h7-12,16H,3-6,13-15H2,1-2H3,(H,24,26)/p+1/t16-/m0/s1. The number of carbonyl (C=O) groups is 1. The maximum Gasteiger partial charge on any atom is 0.275 e. The highest BCUT2D eigenvalue weighted by molar-refractivity contribution is 5.77. The molecule has 0 spiro atoms. The summed E-state index contributed by atoms with van der Waals surface area (Å²) in [5.74, 6) is 1.65. The Bertz CT molecular complexity index is 865. The Labute approximate surface area is 166 Å². The fraction of sp³-hybridized carbons (Fsp3) is 0.435. The van der Waals surface area contributed by atoms with Gasteiger partial charge in [-0.3, -0.25) is 4.79 Å². The third-order valence-electron chi connectivity index (χ3n) is 5.66. The van der Waals surface area contributed by atoms with Gasteiger partial charge in [0.25, 0.3) is 5.91 Å². The number of hydrogen-bond acceptors (Lipinski definition) is 3. The predicted octanol–water partition coefficient (Wildman–Crippen LogP) is 2.19. The van der Waals surface area contributed by atoms with Crippen LogP contribution in [0.25, 0.3) is 0 Å². The second kappa shape index (κ2) is 8.23. The SMILES string of the molecule is C[C@H](NC(=O)C[NH+](C)Cc1ccc2c(c1)OCO2)c1ccc2c(c1)CCCC2. The summed E-state index contributed by atoms with van der Waals surface area (Å²) in [6.07, 6.45) is 4.90. The van der Waals surface area contributed by atoms with Gasteiger partial charge in [0, 0.05) is 5.56 Å². The largest absolute Gasteiger partial charge is 0.454 e. The number of hydrogen-bond donors (Lipinski definition) is 2. The highest BCUT2D eigenvalue weighted by Gasteiger charge is 2.18. The first-order chi connectivity index (χ1) is 13.6. The highest BCUT2D eigenvalue weighted by Crippen LogP contribution is 2.32. The summed E-state index contributed by atoms with van der Waals surface area (Å²) in [4.78, 5) is 13.7. The van der Waals surface area contributed by atoms with E-state index < -0.39 is 0 Å². The fourth-order valence-electron chi connectivity index (χ4n) is 4.13. The van der Waals surface area contributed by atoms with Crippen LogP contribution >= 0.6 is 0 Å². The van der Waals surface area contributed by atoms with E-state index in [-0.39, 0.29) is 18.7 Å². The Morgan fingerprint density at radius 2 is 1.86 bits per heavy atom. The van der Waals surface area contributed by atoms with Gasteiger partial charge in [-0.15, -0.1) is 0 Å². The Balaban J connectivity index is 1.31. The fourth-order valence-corrected chi connectivity index (χ4v) is 4.13. The first-order valence-electron chi connectivity index (χ1n) is 10.2. The Morgan fingerprint density at radius 1 is 1.07 bits per heavy atom. The van der Waals surface area contributed by atoms with Gasteiger partial charge in [0.15, 0.2) is 18.0 Å². The molecule has 148 valence electrons. The van der Waals surface area contributed by atoms with E-state index in [1.54, 1.807) is 0 Å². The zero-order valence-electron chi connectivity index (χ0n) is 16.7. The van der Waals surface area contributed by atoms with Crippen LogP contribution in [0.15, 0.2) is 36.4 Å². The molecule has 1 aliphatic heterocycles. The van der Waals surface area contributed by atoms with Crippen molar-refractivity contribution in [1.82, 2.24) is 5.32 Å². The number of ether oxygens (including phenoxy) is 2. The van der Waals surface area contributed by atoms with Crippen molar-refractivity contribution in [2.45, 2.75) is 45.2 Å². The molecule has 28 heavy (non-hydrogen) atoms. The number of fused-ring (bicyclic) bond motifs is 2. The number of aryl methyl sites for hydroxylation is 2. The molecule has 2 aromatic carbocycles. The van der Waals surface area contributed by atoms with Crippen molar-refractivity contribution in [2.75, 3.05) is 20.4 Å². The molecule has 0 bridgehead atoms. The number of amides is 1. The normalized spacial score (nSPS) is 16.9. The minimum absolute atomic E-state index is 0.0260. The predicted molar refractivity (Wildman–Crippen MR) is 108 cm³/mol. The number of rotatable bonds is 6. The van der Waals surface area contributed by atoms with Crippen molar-refractivity contribution in [1.29, 1.82) is 0 Å². The molecule has 0 saturated heterocycles. The summed E-state index contributed by atoms with van der Waals surface area (Å²) >= 11 is 0. The van der Waals surface area contributed by atoms with E-state index in [1.807, 2.05) is 25.2 Å². The van der Waals surface area contributed by atoms with Crippen LogP contribution in [0.5, 0.6) is 11.5 Å². The topological polar surface area (TPSA) is 52.0 Å². The summed E-state index contributed by atoms with van der Waals surface area (Å²) in [6.45, 7) is 3.54. The lowest BCUT2D eigenvalue weighted by Crippen LogP contribution is -3.08. The zero-order chi connectivity index (χ0) is 19.5. The van der Waals surface area contributed by atoms with Gasteiger partial charge in [-0.05, 0) is 67.5 Å². The quantitative estimate of drug-likeness (QED) is 0.807.